The van der Waals surface area contributed by atoms with Crippen LogP contribution >= 0.6 is 11.8 Å². The van der Waals surface area contributed by atoms with E-state index in [9.17, 15) is 9.18 Å². The van der Waals surface area contributed by atoms with Gasteiger partial charge in [-0.25, -0.2) is 8.91 Å². The zero-order chi connectivity index (χ0) is 22.2. The SMILES string of the molecule is Cc1ccc(-c2cc3c4nnc(SCC(=O)Nc5ccc(F)cc5)n4ccn3n2)cc1C. The number of anilines is 1. The molecular formula is C23H19FN6OS. The van der Waals surface area contributed by atoms with Crippen molar-refractivity contribution >= 4 is 34.5 Å². The van der Waals surface area contributed by atoms with Crippen molar-refractivity contribution in [3.05, 3.63) is 77.9 Å². The maximum Gasteiger partial charge on any atom is 0.234 e. The van der Waals surface area contributed by atoms with Gasteiger partial charge in [0.05, 0.1) is 11.4 Å². The molecule has 7 nitrogen and oxygen atoms in total. The molecule has 1 N–H and O–H groups in total. The number of hydrogen-bond acceptors (Lipinski definition) is 5. The zero-order valence-electron chi connectivity index (χ0n) is 17.4. The van der Waals surface area contributed by atoms with E-state index < -0.39 is 0 Å². The third kappa shape index (κ3) is 3.82. The van der Waals surface area contributed by atoms with Gasteiger partial charge in [-0.1, -0.05) is 23.9 Å². The zero-order valence-corrected chi connectivity index (χ0v) is 18.2. The van der Waals surface area contributed by atoms with Gasteiger partial charge in [0.15, 0.2) is 10.8 Å². The molecule has 0 aliphatic rings. The maximum absolute atomic E-state index is 13.0. The Balaban J connectivity index is 1.37. The highest BCUT2D eigenvalue weighted by molar-refractivity contribution is 7.99. The maximum atomic E-state index is 13.0. The van der Waals surface area contributed by atoms with Crippen LogP contribution in [-0.2, 0) is 4.79 Å². The van der Waals surface area contributed by atoms with Gasteiger partial charge in [-0.3, -0.25) is 9.20 Å². The molecule has 160 valence electrons. The quantitative estimate of drug-likeness (QED) is 0.402. The fourth-order valence-corrected chi connectivity index (χ4v) is 4.11. The first kappa shape index (κ1) is 20.2. The van der Waals surface area contributed by atoms with Crippen LogP contribution in [-0.4, -0.2) is 35.9 Å². The fourth-order valence-electron chi connectivity index (χ4n) is 3.39. The summed E-state index contributed by atoms with van der Waals surface area (Å²) in [6, 6.07) is 13.9. The molecule has 5 aromatic rings. The second kappa shape index (κ2) is 8.08. The van der Waals surface area contributed by atoms with E-state index in [2.05, 4.69) is 52.7 Å². The Kier molecular flexibility index (Phi) is 5.10. The molecule has 0 aliphatic carbocycles. The molecule has 0 saturated carbocycles. The van der Waals surface area contributed by atoms with Crippen molar-refractivity contribution in [1.82, 2.24) is 24.2 Å². The first-order valence-electron chi connectivity index (χ1n) is 9.97. The van der Waals surface area contributed by atoms with Gasteiger partial charge in [0.25, 0.3) is 0 Å². The summed E-state index contributed by atoms with van der Waals surface area (Å²) in [7, 11) is 0. The molecule has 2 aromatic carbocycles. The molecule has 0 spiro atoms. The lowest BCUT2D eigenvalue weighted by Crippen LogP contribution is -2.14. The normalized spacial score (nSPS) is 11.3. The van der Waals surface area contributed by atoms with E-state index in [0.29, 0.717) is 16.5 Å². The molecule has 9 heteroatoms. The number of nitrogens with one attached hydrogen (secondary N) is 1. The average Bonchev–Trinajstić information content (AvgIpc) is 3.39. The van der Waals surface area contributed by atoms with Crippen LogP contribution in [0.2, 0.25) is 0 Å². The molecule has 5 rings (SSSR count). The largest absolute Gasteiger partial charge is 0.325 e. The number of amides is 1. The highest BCUT2D eigenvalue weighted by Gasteiger charge is 2.14. The number of aryl methyl sites for hydroxylation is 2. The van der Waals surface area contributed by atoms with Gasteiger partial charge in [-0.05, 0) is 61.4 Å². The summed E-state index contributed by atoms with van der Waals surface area (Å²) in [6.07, 6.45) is 3.68. The summed E-state index contributed by atoms with van der Waals surface area (Å²) < 4.78 is 16.6. The van der Waals surface area contributed by atoms with Crippen molar-refractivity contribution in [3.8, 4) is 11.3 Å². The number of rotatable bonds is 5. The molecule has 0 unspecified atom stereocenters. The predicted octanol–water partition coefficient (Wildman–Crippen LogP) is 4.53. The van der Waals surface area contributed by atoms with Crippen LogP contribution in [0.25, 0.3) is 22.4 Å². The van der Waals surface area contributed by atoms with E-state index in [1.165, 1.54) is 47.2 Å². The number of carbonyl (C=O) groups is 1. The van der Waals surface area contributed by atoms with Gasteiger partial charge in [0.1, 0.15) is 11.3 Å². The van der Waals surface area contributed by atoms with Crippen LogP contribution in [0.4, 0.5) is 10.1 Å². The van der Waals surface area contributed by atoms with Gasteiger partial charge in [-0.15, -0.1) is 10.2 Å². The number of hydrogen-bond donors (Lipinski definition) is 1. The molecule has 0 saturated heterocycles. The Hall–Kier alpha value is -3.72. The van der Waals surface area contributed by atoms with E-state index in [4.69, 9.17) is 0 Å². The van der Waals surface area contributed by atoms with Gasteiger partial charge in [-0.2, -0.15) is 5.10 Å². The topological polar surface area (TPSA) is 76.6 Å². The standard InChI is InChI=1S/C23H19FN6OS/c1-14-3-4-16(11-15(14)2)19-12-20-22-26-27-23(29(22)9-10-30(20)28-19)32-13-21(31)25-18-7-5-17(24)6-8-18/h3-12H,13H2,1-2H3,(H,25,31). The molecule has 0 fully saturated rings. The highest BCUT2D eigenvalue weighted by Crippen LogP contribution is 2.25. The number of aromatic nitrogens is 5. The van der Waals surface area contributed by atoms with Crippen molar-refractivity contribution in [2.75, 3.05) is 11.1 Å². The first-order chi connectivity index (χ1) is 15.5. The molecular weight excluding hydrogens is 427 g/mol. The molecule has 32 heavy (non-hydrogen) atoms. The Labute approximate surface area is 187 Å². The van der Waals surface area contributed by atoms with Crippen molar-refractivity contribution < 1.29 is 9.18 Å². The smallest absolute Gasteiger partial charge is 0.234 e. The number of halogens is 1. The Morgan fingerprint density at radius 2 is 1.84 bits per heavy atom. The van der Waals surface area contributed by atoms with Crippen molar-refractivity contribution in [2.45, 2.75) is 19.0 Å². The van der Waals surface area contributed by atoms with Crippen LogP contribution in [0, 0.1) is 19.7 Å². The summed E-state index contributed by atoms with van der Waals surface area (Å²) in [4.78, 5) is 12.3. The molecule has 0 atom stereocenters. The molecule has 3 heterocycles. The number of nitrogens with zero attached hydrogens (tertiary/aromatic N) is 5. The lowest BCUT2D eigenvalue weighted by molar-refractivity contribution is -0.113. The molecule has 1 amide bonds. The summed E-state index contributed by atoms with van der Waals surface area (Å²) in [5.41, 5.74) is 6.39. The number of carbonyl (C=O) groups excluding carboxylic acids is 1. The lowest BCUT2D eigenvalue weighted by atomic mass is 10.0. The van der Waals surface area contributed by atoms with Crippen LogP contribution in [0.1, 0.15) is 11.1 Å². The Morgan fingerprint density at radius 3 is 2.62 bits per heavy atom. The minimum atomic E-state index is -0.348. The molecule has 0 radical (unpaired) electrons. The highest BCUT2D eigenvalue weighted by atomic mass is 32.2. The van der Waals surface area contributed by atoms with E-state index >= 15 is 0 Å². The van der Waals surface area contributed by atoms with Crippen molar-refractivity contribution in [1.29, 1.82) is 0 Å². The van der Waals surface area contributed by atoms with Crippen LogP contribution in [0.15, 0.2) is 66.1 Å². The third-order valence-corrected chi connectivity index (χ3v) is 6.19. The monoisotopic (exact) mass is 446 g/mol. The van der Waals surface area contributed by atoms with E-state index in [1.807, 2.05) is 22.9 Å². The second-order valence-corrected chi connectivity index (χ2v) is 8.42. The first-order valence-corrected chi connectivity index (χ1v) is 11.0. The van der Waals surface area contributed by atoms with Crippen molar-refractivity contribution in [2.24, 2.45) is 0 Å². The lowest BCUT2D eigenvalue weighted by Gasteiger charge is -2.04. The molecule has 0 aliphatic heterocycles. The van der Waals surface area contributed by atoms with Crippen LogP contribution in [0.3, 0.4) is 0 Å². The summed E-state index contributed by atoms with van der Waals surface area (Å²) in [6.45, 7) is 4.17. The van der Waals surface area contributed by atoms with E-state index in [0.717, 1.165) is 16.8 Å². The Bertz CT molecular complexity index is 1460. The van der Waals surface area contributed by atoms with Gasteiger partial charge in [0, 0.05) is 23.6 Å². The summed E-state index contributed by atoms with van der Waals surface area (Å²) >= 11 is 1.28. The van der Waals surface area contributed by atoms with Gasteiger partial charge in [0.2, 0.25) is 5.91 Å². The Morgan fingerprint density at radius 1 is 1.03 bits per heavy atom. The van der Waals surface area contributed by atoms with Crippen LogP contribution in [0.5, 0.6) is 0 Å². The summed E-state index contributed by atoms with van der Waals surface area (Å²) in [5, 5.41) is 16.6. The number of fused-ring (bicyclic) bond motifs is 3. The third-order valence-electron chi connectivity index (χ3n) is 5.25. The minimum Gasteiger partial charge on any atom is -0.325 e. The van der Waals surface area contributed by atoms with Gasteiger partial charge < -0.3 is 5.32 Å². The average molecular weight is 447 g/mol. The molecule has 0 bridgehead atoms. The number of benzene rings is 2. The molecule has 3 aromatic heterocycles. The van der Waals surface area contributed by atoms with Crippen molar-refractivity contribution in [3.63, 3.8) is 0 Å². The second-order valence-electron chi connectivity index (χ2n) is 7.48. The summed E-state index contributed by atoms with van der Waals surface area (Å²) in [5.74, 6) is -0.406. The fraction of sp³-hybridized carbons (Fsp3) is 0.130. The van der Waals surface area contributed by atoms with Gasteiger partial charge >= 0.3 is 0 Å². The minimum absolute atomic E-state index is 0.149. The van der Waals surface area contributed by atoms with Crippen LogP contribution < -0.4 is 5.32 Å². The van der Waals surface area contributed by atoms with E-state index in [1.54, 1.807) is 4.52 Å². The predicted molar refractivity (Wildman–Crippen MR) is 122 cm³/mol. The number of thioether (sulfide) groups is 1. The van der Waals surface area contributed by atoms with E-state index in [-0.39, 0.29) is 17.5 Å².